The fraction of sp³-hybridized carbons (Fsp3) is 0.406. The number of allylic oxidation sites excluding steroid dienone is 1. The molecular formula is C32H43N5. The molecule has 4 rings (SSSR count). The predicted molar refractivity (Wildman–Crippen MR) is 159 cm³/mol. The van der Waals surface area contributed by atoms with Crippen LogP contribution in [0.3, 0.4) is 0 Å². The summed E-state index contributed by atoms with van der Waals surface area (Å²) in [4.78, 5) is 4.67. The van der Waals surface area contributed by atoms with Crippen molar-refractivity contribution >= 4 is 17.2 Å². The molecule has 5 heteroatoms. The molecule has 2 heterocycles. The van der Waals surface area contributed by atoms with Crippen LogP contribution in [0.2, 0.25) is 0 Å². The Hall–Kier alpha value is -3.31. The Labute approximate surface area is 223 Å². The van der Waals surface area contributed by atoms with Crippen LogP contribution >= 0.6 is 0 Å². The van der Waals surface area contributed by atoms with Gasteiger partial charge in [-0.3, -0.25) is 0 Å². The van der Waals surface area contributed by atoms with Crippen LogP contribution < -0.4 is 21.7 Å². The van der Waals surface area contributed by atoms with E-state index in [1.807, 2.05) is 18.3 Å². The molecule has 196 valence electrons. The monoisotopic (exact) mass is 497 g/mol. The Bertz CT molecular complexity index is 1200. The highest BCUT2D eigenvalue weighted by Gasteiger charge is 2.22. The summed E-state index contributed by atoms with van der Waals surface area (Å²) >= 11 is 0. The van der Waals surface area contributed by atoms with Crippen molar-refractivity contribution in [2.45, 2.75) is 57.8 Å². The molecule has 0 saturated carbocycles. The molecule has 2 atom stereocenters. The lowest BCUT2D eigenvalue weighted by molar-refractivity contribution is 0.548. The first-order valence-corrected chi connectivity index (χ1v) is 13.8. The van der Waals surface area contributed by atoms with Crippen molar-refractivity contribution in [3.8, 4) is 0 Å². The summed E-state index contributed by atoms with van der Waals surface area (Å²) in [6.45, 7) is 11.1. The third-order valence-electron chi connectivity index (χ3n) is 7.71. The maximum absolute atomic E-state index is 6.57. The van der Waals surface area contributed by atoms with Gasteiger partial charge in [0, 0.05) is 38.2 Å². The number of hydrogen-bond acceptors (Lipinski definition) is 5. The van der Waals surface area contributed by atoms with E-state index in [2.05, 4.69) is 84.8 Å². The number of benzene rings is 2. The molecule has 1 aliphatic heterocycles. The van der Waals surface area contributed by atoms with Gasteiger partial charge in [0.2, 0.25) is 0 Å². The van der Waals surface area contributed by atoms with Crippen molar-refractivity contribution in [3.63, 3.8) is 0 Å². The third-order valence-corrected chi connectivity index (χ3v) is 7.71. The summed E-state index contributed by atoms with van der Waals surface area (Å²) in [5.74, 6) is 1.70. The minimum atomic E-state index is 0.202. The number of pyridine rings is 1. The molecule has 0 saturated heterocycles. The van der Waals surface area contributed by atoms with Crippen LogP contribution in [0.4, 0.5) is 17.2 Å². The highest BCUT2D eigenvalue weighted by Crippen LogP contribution is 2.38. The molecule has 0 aliphatic carbocycles. The minimum Gasteiger partial charge on any atom is -0.397 e. The molecule has 2 unspecified atom stereocenters. The zero-order chi connectivity index (χ0) is 26.2. The second-order valence-corrected chi connectivity index (χ2v) is 10.2. The molecule has 37 heavy (non-hydrogen) atoms. The average Bonchev–Trinajstić information content (AvgIpc) is 2.93. The van der Waals surface area contributed by atoms with Gasteiger partial charge >= 0.3 is 0 Å². The Morgan fingerprint density at radius 1 is 1.19 bits per heavy atom. The zero-order valence-electron chi connectivity index (χ0n) is 22.7. The van der Waals surface area contributed by atoms with Crippen LogP contribution in [0.5, 0.6) is 0 Å². The number of nitrogens with two attached hydrogens (primary N) is 1. The van der Waals surface area contributed by atoms with Crippen LogP contribution in [0, 0.1) is 6.92 Å². The van der Waals surface area contributed by atoms with Gasteiger partial charge in [-0.25, -0.2) is 4.98 Å². The summed E-state index contributed by atoms with van der Waals surface area (Å²) in [5, 5.41) is 10.4. The van der Waals surface area contributed by atoms with Crippen LogP contribution in [0.1, 0.15) is 77.8 Å². The second-order valence-electron chi connectivity index (χ2n) is 10.2. The number of nitrogens with one attached hydrogen (secondary N) is 3. The number of hydrogen-bond donors (Lipinski definition) is 4. The van der Waals surface area contributed by atoms with Crippen molar-refractivity contribution in [2.24, 2.45) is 0 Å². The Morgan fingerprint density at radius 3 is 2.84 bits per heavy atom. The number of aromatic nitrogens is 1. The van der Waals surface area contributed by atoms with Gasteiger partial charge in [-0.1, -0.05) is 42.8 Å². The van der Waals surface area contributed by atoms with Crippen molar-refractivity contribution in [1.29, 1.82) is 0 Å². The topological polar surface area (TPSA) is 75.0 Å². The molecule has 5 N–H and O–H groups in total. The van der Waals surface area contributed by atoms with Crippen LogP contribution in [-0.4, -0.2) is 31.7 Å². The molecule has 1 aliphatic rings. The van der Waals surface area contributed by atoms with Crippen LogP contribution in [0.15, 0.2) is 61.3 Å². The van der Waals surface area contributed by atoms with Gasteiger partial charge in [-0.05, 0) is 91.6 Å². The summed E-state index contributed by atoms with van der Waals surface area (Å²) in [6, 6.07) is 15.8. The normalized spacial score (nSPS) is 16.5. The van der Waals surface area contributed by atoms with E-state index in [-0.39, 0.29) is 5.92 Å². The van der Waals surface area contributed by atoms with Crippen LogP contribution in [-0.2, 0) is 6.42 Å². The number of fused-ring (bicyclic) bond motifs is 2. The first-order chi connectivity index (χ1) is 18.1. The molecule has 5 nitrogen and oxygen atoms in total. The van der Waals surface area contributed by atoms with E-state index < -0.39 is 0 Å². The lowest BCUT2D eigenvalue weighted by atomic mass is 9.81. The maximum Gasteiger partial charge on any atom is 0.129 e. The van der Waals surface area contributed by atoms with Gasteiger partial charge in [0.1, 0.15) is 5.82 Å². The lowest BCUT2D eigenvalue weighted by Gasteiger charge is -2.25. The smallest absolute Gasteiger partial charge is 0.129 e. The van der Waals surface area contributed by atoms with Gasteiger partial charge in [0.25, 0.3) is 0 Å². The van der Waals surface area contributed by atoms with E-state index in [0.29, 0.717) is 5.92 Å². The number of rotatable bonds is 8. The number of anilines is 3. The lowest BCUT2D eigenvalue weighted by Crippen LogP contribution is -2.19. The first kappa shape index (κ1) is 26.7. The largest absolute Gasteiger partial charge is 0.397 e. The van der Waals surface area contributed by atoms with Gasteiger partial charge in [-0.2, -0.15) is 0 Å². The maximum atomic E-state index is 6.57. The first-order valence-electron chi connectivity index (χ1n) is 13.8. The fourth-order valence-electron chi connectivity index (χ4n) is 5.75. The number of nitrogens with zero attached hydrogens (tertiary/aromatic N) is 1. The van der Waals surface area contributed by atoms with E-state index in [4.69, 9.17) is 5.73 Å². The van der Waals surface area contributed by atoms with Crippen LogP contribution in [0.25, 0.3) is 0 Å². The highest BCUT2D eigenvalue weighted by molar-refractivity contribution is 5.72. The molecule has 0 fully saturated rings. The van der Waals surface area contributed by atoms with E-state index in [1.165, 1.54) is 40.7 Å². The highest BCUT2D eigenvalue weighted by atomic mass is 15.0. The molecule has 3 aromatic rings. The van der Waals surface area contributed by atoms with Gasteiger partial charge in [0.15, 0.2) is 0 Å². The van der Waals surface area contributed by atoms with Gasteiger partial charge in [0.05, 0.1) is 11.4 Å². The molecule has 0 bridgehead atoms. The average molecular weight is 498 g/mol. The molecular weight excluding hydrogens is 454 g/mol. The fourth-order valence-corrected chi connectivity index (χ4v) is 5.75. The molecule has 1 aromatic heterocycles. The van der Waals surface area contributed by atoms with Gasteiger partial charge in [-0.15, -0.1) is 6.58 Å². The second kappa shape index (κ2) is 12.8. The van der Waals surface area contributed by atoms with E-state index in [1.54, 1.807) is 0 Å². The number of nitrogen functional groups attached to an aromatic ring is 1. The Kier molecular flexibility index (Phi) is 9.24. The van der Waals surface area contributed by atoms with Crippen molar-refractivity contribution in [3.05, 3.63) is 94.7 Å². The Balaban J connectivity index is 1.82. The standard InChI is InChI=1S/C32H43N5/c1-5-10-29(27-15-16-30(35-6-2)31(33)22(27)3)23-13-14-28-25(21-34-4)11-7-8-17-36-32-24(12-9-18-37-32)20-26(28)19-23/h5,9,12-16,18-19,25,29,34-35H,1,6-8,10-11,17,20-21,33H2,2-4H3,(H,36,37). The van der Waals surface area contributed by atoms with Crippen molar-refractivity contribution in [2.75, 3.05) is 43.0 Å². The summed E-state index contributed by atoms with van der Waals surface area (Å²) < 4.78 is 0. The van der Waals surface area contributed by atoms with E-state index in [0.717, 1.165) is 61.7 Å². The van der Waals surface area contributed by atoms with Gasteiger partial charge < -0.3 is 21.7 Å². The Morgan fingerprint density at radius 2 is 2.05 bits per heavy atom. The third kappa shape index (κ3) is 6.16. The van der Waals surface area contributed by atoms with Crippen molar-refractivity contribution in [1.82, 2.24) is 10.3 Å². The number of likely N-dealkylation sites (N-methyl/N-ethyl adjacent to an activating group) is 1. The van der Waals surface area contributed by atoms with E-state index >= 15 is 0 Å². The minimum absolute atomic E-state index is 0.202. The van der Waals surface area contributed by atoms with E-state index in [9.17, 15) is 0 Å². The molecule has 2 aromatic carbocycles. The molecule has 0 radical (unpaired) electrons. The summed E-state index contributed by atoms with van der Waals surface area (Å²) in [5.41, 5.74) is 16.2. The van der Waals surface area contributed by atoms with Crippen molar-refractivity contribution < 1.29 is 0 Å². The predicted octanol–water partition coefficient (Wildman–Crippen LogP) is 6.60. The molecule has 0 spiro atoms. The molecule has 0 amide bonds. The summed E-state index contributed by atoms with van der Waals surface area (Å²) in [7, 11) is 2.06. The summed E-state index contributed by atoms with van der Waals surface area (Å²) in [6.07, 6.45) is 9.15. The SMILES string of the molecule is C=CCC(c1ccc2c(c1)Cc1cccnc1NCCCCC2CNC)c1ccc(NCC)c(N)c1C. The quantitative estimate of drug-likeness (QED) is 0.208. The zero-order valence-corrected chi connectivity index (χ0v) is 22.7.